The Morgan fingerprint density at radius 1 is 1.03 bits per heavy atom. The van der Waals surface area contributed by atoms with Crippen molar-refractivity contribution in [2.45, 2.75) is 64.6 Å². The van der Waals surface area contributed by atoms with Gasteiger partial charge in [0.1, 0.15) is 11.9 Å². The van der Waals surface area contributed by atoms with Crippen LogP contribution >= 0.6 is 0 Å². The SMILES string of the molecule is CC[C@@H](C)Oc1cccc(C(=O)Nc2ccc(C(=O)OC3CCCCC3)cc2)c1. The molecular formula is C24H29NO4. The maximum atomic E-state index is 12.5. The Bertz CT molecular complexity index is 825. The van der Waals surface area contributed by atoms with Crippen molar-refractivity contribution in [1.82, 2.24) is 0 Å². The average Bonchev–Trinajstić information content (AvgIpc) is 2.75. The van der Waals surface area contributed by atoms with E-state index in [0.717, 1.165) is 32.1 Å². The number of nitrogens with one attached hydrogen (secondary N) is 1. The van der Waals surface area contributed by atoms with Crippen LogP contribution in [0.25, 0.3) is 0 Å². The standard InChI is InChI=1S/C24H29NO4/c1-3-17(2)28-22-11-7-8-19(16-22)23(26)25-20-14-12-18(13-15-20)24(27)29-21-9-5-4-6-10-21/h7-8,11-17,21H,3-6,9-10H2,1-2H3,(H,25,26)/t17-/m1/s1. The number of amides is 1. The highest BCUT2D eigenvalue weighted by molar-refractivity contribution is 6.04. The quantitative estimate of drug-likeness (QED) is 0.619. The minimum atomic E-state index is -0.301. The molecule has 1 N–H and O–H groups in total. The van der Waals surface area contributed by atoms with Crippen molar-refractivity contribution in [2.24, 2.45) is 0 Å². The van der Waals surface area contributed by atoms with Gasteiger partial charge in [-0.05, 0) is 81.5 Å². The Labute approximate surface area is 172 Å². The fourth-order valence-electron chi connectivity index (χ4n) is 3.32. The lowest BCUT2D eigenvalue weighted by Crippen LogP contribution is -2.21. The van der Waals surface area contributed by atoms with E-state index >= 15 is 0 Å². The third-order valence-corrected chi connectivity index (χ3v) is 5.21. The van der Waals surface area contributed by atoms with Gasteiger partial charge >= 0.3 is 5.97 Å². The van der Waals surface area contributed by atoms with E-state index in [4.69, 9.17) is 9.47 Å². The van der Waals surface area contributed by atoms with Crippen molar-refractivity contribution in [3.63, 3.8) is 0 Å². The molecule has 0 saturated heterocycles. The van der Waals surface area contributed by atoms with Crippen LogP contribution in [0.4, 0.5) is 5.69 Å². The second-order valence-electron chi connectivity index (χ2n) is 7.56. The smallest absolute Gasteiger partial charge is 0.338 e. The number of rotatable bonds is 7. The van der Waals surface area contributed by atoms with Gasteiger partial charge in [-0.25, -0.2) is 4.79 Å². The van der Waals surface area contributed by atoms with Crippen LogP contribution in [-0.2, 0) is 4.74 Å². The Kier molecular flexibility index (Phi) is 7.28. The van der Waals surface area contributed by atoms with E-state index in [0.29, 0.717) is 22.6 Å². The van der Waals surface area contributed by atoms with Crippen molar-refractivity contribution < 1.29 is 19.1 Å². The fraction of sp³-hybridized carbons (Fsp3) is 0.417. The van der Waals surface area contributed by atoms with Gasteiger partial charge in [-0.1, -0.05) is 19.4 Å². The molecule has 1 atom stereocenters. The highest BCUT2D eigenvalue weighted by atomic mass is 16.5. The van der Waals surface area contributed by atoms with Gasteiger partial charge < -0.3 is 14.8 Å². The normalized spacial score (nSPS) is 15.4. The molecule has 0 heterocycles. The Hall–Kier alpha value is -2.82. The van der Waals surface area contributed by atoms with Crippen molar-refractivity contribution in [1.29, 1.82) is 0 Å². The van der Waals surface area contributed by atoms with Crippen molar-refractivity contribution >= 4 is 17.6 Å². The highest BCUT2D eigenvalue weighted by Gasteiger charge is 2.18. The van der Waals surface area contributed by atoms with Crippen molar-refractivity contribution in [3.05, 3.63) is 59.7 Å². The summed E-state index contributed by atoms with van der Waals surface area (Å²) in [6.07, 6.45) is 6.36. The summed E-state index contributed by atoms with van der Waals surface area (Å²) >= 11 is 0. The molecule has 0 bridgehead atoms. The Morgan fingerprint density at radius 2 is 1.76 bits per heavy atom. The molecular weight excluding hydrogens is 366 g/mol. The van der Waals surface area contributed by atoms with E-state index in [1.165, 1.54) is 6.42 Å². The summed E-state index contributed by atoms with van der Waals surface area (Å²) in [7, 11) is 0. The molecule has 29 heavy (non-hydrogen) atoms. The molecule has 2 aromatic rings. The minimum absolute atomic E-state index is 0.0283. The molecule has 0 aliphatic heterocycles. The zero-order valence-electron chi connectivity index (χ0n) is 17.1. The number of ether oxygens (including phenoxy) is 2. The predicted octanol–water partition coefficient (Wildman–Crippen LogP) is 5.61. The summed E-state index contributed by atoms with van der Waals surface area (Å²) in [5.41, 5.74) is 1.64. The van der Waals surface area contributed by atoms with Crippen LogP contribution in [0.1, 0.15) is 73.1 Å². The highest BCUT2D eigenvalue weighted by Crippen LogP contribution is 2.22. The van der Waals surface area contributed by atoms with E-state index < -0.39 is 0 Å². The summed E-state index contributed by atoms with van der Waals surface area (Å²) in [5, 5.41) is 2.85. The first kappa shape index (κ1) is 20.9. The third-order valence-electron chi connectivity index (χ3n) is 5.21. The largest absolute Gasteiger partial charge is 0.491 e. The zero-order chi connectivity index (χ0) is 20.6. The van der Waals surface area contributed by atoms with Crippen LogP contribution in [0.2, 0.25) is 0 Å². The molecule has 1 amide bonds. The monoisotopic (exact) mass is 395 g/mol. The van der Waals surface area contributed by atoms with Gasteiger partial charge in [-0.3, -0.25) is 4.79 Å². The van der Waals surface area contributed by atoms with Gasteiger partial charge in [0, 0.05) is 11.3 Å². The number of esters is 1. The van der Waals surface area contributed by atoms with Gasteiger partial charge in [0.25, 0.3) is 5.91 Å². The van der Waals surface area contributed by atoms with Crippen LogP contribution in [0.15, 0.2) is 48.5 Å². The lowest BCUT2D eigenvalue weighted by Gasteiger charge is -2.21. The molecule has 1 aliphatic rings. The second kappa shape index (κ2) is 10.1. The van der Waals surface area contributed by atoms with Crippen LogP contribution in [0, 0.1) is 0 Å². The van der Waals surface area contributed by atoms with Crippen molar-refractivity contribution in [2.75, 3.05) is 5.32 Å². The number of hydrogen-bond acceptors (Lipinski definition) is 4. The van der Waals surface area contributed by atoms with Gasteiger partial charge in [-0.2, -0.15) is 0 Å². The average molecular weight is 395 g/mol. The number of hydrogen-bond donors (Lipinski definition) is 1. The summed E-state index contributed by atoms with van der Waals surface area (Å²) in [6.45, 7) is 4.05. The molecule has 1 fully saturated rings. The first-order valence-corrected chi connectivity index (χ1v) is 10.4. The Balaban J connectivity index is 1.58. The van der Waals surface area contributed by atoms with Gasteiger partial charge in [0.2, 0.25) is 0 Å². The van der Waals surface area contributed by atoms with Gasteiger partial charge in [0.05, 0.1) is 11.7 Å². The summed E-state index contributed by atoms with van der Waals surface area (Å²) < 4.78 is 11.4. The van der Waals surface area contributed by atoms with E-state index in [1.54, 1.807) is 42.5 Å². The summed E-state index contributed by atoms with van der Waals surface area (Å²) in [4.78, 5) is 24.8. The van der Waals surface area contributed by atoms with E-state index in [9.17, 15) is 9.59 Å². The number of benzene rings is 2. The minimum Gasteiger partial charge on any atom is -0.491 e. The number of carbonyl (C=O) groups excluding carboxylic acids is 2. The van der Waals surface area contributed by atoms with E-state index in [-0.39, 0.29) is 24.1 Å². The molecule has 1 aliphatic carbocycles. The summed E-state index contributed by atoms with van der Waals surface area (Å²) in [5.74, 6) is 0.148. The molecule has 3 rings (SSSR count). The molecule has 1 saturated carbocycles. The number of carbonyl (C=O) groups is 2. The van der Waals surface area contributed by atoms with Crippen LogP contribution in [-0.4, -0.2) is 24.1 Å². The molecule has 5 nitrogen and oxygen atoms in total. The first-order valence-electron chi connectivity index (χ1n) is 10.4. The van der Waals surface area contributed by atoms with Crippen LogP contribution < -0.4 is 10.1 Å². The molecule has 5 heteroatoms. The maximum absolute atomic E-state index is 12.5. The molecule has 0 aromatic heterocycles. The third kappa shape index (κ3) is 6.08. The zero-order valence-corrected chi connectivity index (χ0v) is 17.1. The fourth-order valence-corrected chi connectivity index (χ4v) is 3.32. The number of anilines is 1. The molecule has 2 aromatic carbocycles. The van der Waals surface area contributed by atoms with Crippen LogP contribution in [0.3, 0.4) is 0 Å². The Morgan fingerprint density at radius 3 is 2.45 bits per heavy atom. The molecule has 154 valence electrons. The predicted molar refractivity (Wildman–Crippen MR) is 114 cm³/mol. The summed E-state index contributed by atoms with van der Waals surface area (Å²) in [6, 6.07) is 13.9. The van der Waals surface area contributed by atoms with Crippen molar-refractivity contribution in [3.8, 4) is 5.75 Å². The van der Waals surface area contributed by atoms with Crippen LogP contribution in [0.5, 0.6) is 5.75 Å². The molecule has 0 unspecified atom stereocenters. The van der Waals surface area contributed by atoms with E-state index in [2.05, 4.69) is 12.2 Å². The molecule has 0 radical (unpaired) electrons. The lowest BCUT2D eigenvalue weighted by molar-refractivity contribution is 0.0211. The molecule has 0 spiro atoms. The lowest BCUT2D eigenvalue weighted by atomic mass is 9.98. The van der Waals surface area contributed by atoms with Gasteiger partial charge in [0.15, 0.2) is 0 Å². The first-order chi connectivity index (χ1) is 14.0. The maximum Gasteiger partial charge on any atom is 0.338 e. The second-order valence-corrected chi connectivity index (χ2v) is 7.56. The van der Waals surface area contributed by atoms with E-state index in [1.807, 2.05) is 13.0 Å². The van der Waals surface area contributed by atoms with Gasteiger partial charge in [-0.15, -0.1) is 0 Å². The topological polar surface area (TPSA) is 64.6 Å².